The summed E-state index contributed by atoms with van der Waals surface area (Å²) >= 11 is 0. The number of carbonyl (C=O) groups is 1. The number of allylic oxidation sites excluding steroid dienone is 3. The van der Waals surface area contributed by atoms with Crippen molar-refractivity contribution in [2.45, 2.75) is 12.3 Å². The molecular weight excluding hydrogens is 395 g/mol. The van der Waals surface area contributed by atoms with E-state index < -0.39 is 0 Å². The van der Waals surface area contributed by atoms with Crippen molar-refractivity contribution < 1.29 is 13.9 Å². The average molecular weight is 420 g/mol. The van der Waals surface area contributed by atoms with Crippen LogP contribution in [0.25, 0.3) is 0 Å². The van der Waals surface area contributed by atoms with Crippen molar-refractivity contribution in [1.82, 2.24) is 14.9 Å². The molecule has 2 aliphatic heterocycles. The number of nitrogens with zero attached hydrogens (tertiary/aromatic N) is 4. The highest BCUT2D eigenvalue weighted by molar-refractivity contribution is 5.96. The van der Waals surface area contributed by atoms with Gasteiger partial charge in [0.2, 0.25) is 17.7 Å². The predicted molar refractivity (Wildman–Crippen MR) is 115 cm³/mol. The summed E-state index contributed by atoms with van der Waals surface area (Å²) in [7, 11) is 1.60. The second-order valence-corrected chi connectivity index (χ2v) is 8.43. The Kier molecular flexibility index (Phi) is 5.18. The van der Waals surface area contributed by atoms with Gasteiger partial charge in [-0.1, -0.05) is 30.4 Å². The van der Waals surface area contributed by atoms with E-state index in [0.717, 1.165) is 37.3 Å². The molecule has 2 fully saturated rings. The molecule has 5 rings (SSSR count). The van der Waals surface area contributed by atoms with Crippen LogP contribution in [0.3, 0.4) is 0 Å². The van der Waals surface area contributed by atoms with Crippen molar-refractivity contribution in [1.29, 1.82) is 0 Å². The Morgan fingerprint density at radius 2 is 1.97 bits per heavy atom. The van der Waals surface area contributed by atoms with Crippen LogP contribution in [0, 0.1) is 17.7 Å². The van der Waals surface area contributed by atoms with E-state index >= 15 is 0 Å². The van der Waals surface area contributed by atoms with Crippen LogP contribution in [0.4, 0.5) is 10.3 Å². The fraction of sp³-hybridized carbons (Fsp3) is 0.375. The standard InChI is InChI=1S/C24H25FN4O2/c1-31-22-9-10-26-24(27-22)29-14-17-12-28(13-18(17)15-29)23(30)21-8-3-2-7-20(21)16-5-4-6-19(25)11-16/h2-6,8-11,17-18,20H,7,12-15H2,1H3. The maximum absolute atomic E-state index is 13.8. The number of hydrogen-bond donors (Lipinski definition) is 0. The number of ether oxygens (including phenoxy) is 1. The minimum absolute atomic E-state index is 0.0668. The number of benzene rings is 1. The Balaban J connectivity index is 1.28. The SMILES string of the molecule is COc1ccnc(N2CC3CN(C(=O)C4=CC=CCC4c4cccc(F)c4)CC3C2)n1. The number of halogens is 1. The van der Waals surface area contributed by atoms with Crippen LogP contribution in [0.15, 0.2) is 60.3 Å². The molecular formula is C24H25FN4O2. The Bertz CT molecular complexity index is 1040. The third-order valence-corrected chi connectivity index (χ3v) is 6.54. The van der Waals surface area contributed by atoms with Crippen molar-refractivity contribution in [2.24, 2.45) is 11.8 Å². The van der Waals surface area contributed by atoms with Crippen molar-refractivity contribution in [3.05, 3.63) is 71.7 Å². The Hall–Kier alpha value is -3.22. The number of aromatic nitrogens is 2. The average Bonchev–Trinajstić information content (AvgIpc) is 3.38. The first-order valence-electron chi connectivity index (χ1n) is 10.7. The van der Waals surface area contributed by atoms with Crippen LogP contribution >= 0.6 is 0 Å². The van der Waals surface area contributed by atoms with Crippen LogP contribution in [0.2, 0.25) is 0 Å². The monoisotopic (exact) mass is 420 g/mol. The number of fused-ring (bicyclic) bond motifs is 1. The summed E-state index contributed by atoms with van der Waals surface area (Å²) in [6.45, 7) is 3.10. The van der Waals surface area contributed by atoms with Gasteiger partial charge in [0.05, 0.1) is 7.11 Å². The second-order valence-electron chi connectivity index (χ2n) is 8.43. The first-order valence-corrected chi connectivity index (χ1v) is 10.7. The van der Waals surface area contributed by atoms with E-state index in [1.807, 2.05) is 29.2 Å². The molecule has 0 spiro atoms. The minimum atomic E-state index is -0.269. The molecule has 0 radical (unpaired) electrons. The fourth-order valence-electron chi connectivity index (χ4n) is 4.99. The molecule has 1 amide bonds. The van der Waals surface area contributed by atoms with Gasteiger partial charge in [0.15, 0.2) is 0 Å². The van der Waals surface area contributed by atoms with Gasteiger partial charge in [-0.3, -0.25) is 4.79 Å². The van der Waals surface area contributed by atoms with Gasteiger partial charge in [0, 0.05) is 61.8 Å². The molecule has 3 atom stereocenters. The molecule has 1 aromatic heterocycles. The summed E-state index contributed by atoms with van der Waals surface area (Å²) in [5.74, 6) is 1.72. The van der Waals surface area contributed by atoms with Gasteiger partial charge in [-0.05, 0) is 24.1 Å². The number of anilines is 1. The highest BCUT2D eigenvalue weighted by Crippen LogP contribution is 2.37. The summed E-state index contributed by atoms with van der Waals surface area (Å²) in [6.07, 6.45) is 8.29. The van der Waals surface area contributed by atoms with Crippen LogP contribution < -0.4 is 9.64 Å². The van der Waals surface area contributed by atoms with Crippen molar-refractivity contribution in [2.75, 3.05) is 38.2 Å². The predicted octanol–water partition coefficient (Wildman–Crippen LogP) is 3.19. The van der Waals surface area contributed by atoms with Gasteiger partial charge < -0.3 is 14.5 Å². The van der Waals surface area contributed by atoms with E-state index in [2.05, 4.69) is 14.9 Å². The highest BCUT2D eigenvalue weighted by Gasteiger charge is 2.43. The summed E-state index contributed by atoms with van der Waals surface area (Å²) < 4.78 is 19.0. The summed E-state index contributed by atoms with van der Waals surface area (Å²) in [5.41, 5.74) is 1.60. The van der Waals surface area contributed by atoms with Gasteiger partial charge >= 0.3 is 0 Å². The molecule has 6 nitrogen and oxygen atoms in total. The maximum atomic E-state index is 13.8. The lowest BCUT2D eigenvalue weighted by Gasteiger charge is -2.27. The zero-order valence-electron chi connectivity index (χ0n) is 17.4. The molecule has 3 unspecified atom stereocenters. The lowest BCUT2D eigenvalue weighted by atomic mass is 9.84. The fourth-order valence-corrected chi connectivity index (χ4v) is 4.99. The molecule has 0 N–H and O–H groups in total. The molecule has 7 heteroatoms. The van der Waals surface area contributed by atoms with E-state index in [1.165, 1.54) is 12.1 Å². The zero-order chi connectivity index (χ0) is 21.4. The molecule has 1 aromatic carbocycles. The Morgan fingerprint density at radius 1 is 1.16 bits per heavy atom. The van der Waals surface area contributed by atoms with E-state index in [1.54, 1.807) is 25.4 Å². The van der Waals surface area contributed by atoms with Crippen molar-refractivity contribution >= 4 is 11.9 Å². The lowest BCUT2D eigenvalue weighted by Crippen LogP contribution is -2.36. The second kappa shape index (κ2) is 8.13. The molecule has 2 saturated heterocycles. The molecule has 0 saturated carbocycles. The highest BCUT2D eigenvalue weighted by atomic mass is 19.1. The minimum Gasteiger partial charge on any atom is -0.481 e. The van der Waals surface area contributed by atoms with Gasteiger partial charge in [-0.25, -0.2) is 9.37 Å². The molecule has 31 heavy (non-hydrogen) atoms. The number of carbonyl (C=O) groups excluding carboxylic acids is 1. The van der Waals surface area contributed by atoms with Gasteiger partial charge in [-0.2, -0.15) is 4.98 Å². The molecule has 1 aliphatic carbocycles. The quantitative estimate of drug-likeness (QED) is 0.760. The van der Waals surface area contributed by atoms with Crippen LogP contribution in [0.1, 0.15) is 17.9 Å². The van der Waals surface area contributed by atoms with Crippen LogP contribution in [-0.4, -0.2) is 54.1 Å². The van der Waals surface area contributed by atoms with E-state index in [0.29, 0.717) is 30.1 Å². The van der Waals surface area contributed by atoms with E-state index in [9.17, 15) is 9.18 Å². The van der Waals surface area contributed by atoms with Gasteiger partial charge in [0.1, 0.15) is 5.82 Å². The van der Waals surface area contributed by atoms with Gasteiger partial charge in [0.25, 0.3) is 0 Å². The van der Waals surface area contributed by atoms with E-state index in [4.69, 9.17) is 4.74 Å². The van der Waals surface area contributed by atoms with Crippen LogP contribution in [-0.2, 0) is 4.79 Å². The molecule has 3 aliphatic rings. The molecule has 2 aromatic rings. The molecule has 0 bridgehead atoms. The normalized spacial score (nSPS) is 24.8. The molecule has 3 heterocycles. The third kappa shape index (κ3) is 3.80. The van der Waals surface area contributed by atoms with Crippen molar-refractivity contribution in [3.8, 4) is 5.88 Å². The summed E-state index contributed by atoms with van der Waals surface area (Å²) in [6, 6.07) is 8.32. The Labute approximate surface area is 181 Å². The summed E-state index contributed by atoms with van der Waals surface area (Å²) in [5, 5.41) is 0. The lowest BCUT2D eigenvalue weighted by molar-refractivity contribution is -0.126. The number of likely N-dealkylation sites (tertiary alicyclic amines) is 1. The number of rotatable bonds is 4. The van der Waals surface area contributed by atoms with Gasteiger partial charge in [-0.15, -0.1) is 0 Å². The first kappa shape index (κ1) is 19.7. The summed E-state index contributed by atoms with van der Waals surface area (Å²) in [4.78, 5) is 26.4. The largest absolute Gasteiger partial charge is 0.481 e. The maximum Gasteiger partial charge on any atom is 0.250 e. The smallest absolute Gasteiger partial charge is 0.250 e. The molecule has 160 valence electrons. The number of amides is 1. The zero-order valence-corrected chi connectivity index (χ0v) is 17.4. The van der Waals surface area contributed by atoms with E-state index in [-0.39, 0.29) is 17.6 Å². The first-order chi connectivity index (χ1) is 15.1. The Morgan fingerprint density at radius 3 is 2.71 bits per heavy atom. The third-order valence-electron chi connectivity index (χ3n) is 6.54. The van der Waals surface area contributed by atoms with Crippen molar-refractivity contribution in [3.63, 3.8) is 0 Å². The number of hydrogen-bond acceptors (Lipinski definition) is 5. The number of methoxy groups -OCH3 is 1. The van der Waals surface area contributed by atoms with Crippen LogP contribution in [0.5, 0.6) is 5.88 Å². The topological polar surface area (TPSA) is 58.6 Å².